The average molecular weight is 450 g/mol. The summed E-state index contributed by atoms with van der Waals surface area (Å²) in [6.07, 6.45) is -4.37. The number of halogens is 3. The lowest BCUT2D eigenvalue weighted by Crippen LogP contribution is -2.49. The van der Waals surface area contributed by atoms with Gasteiger partial charge in [0.25, 0.3) is 0 Å². The number of alkyl halides is 3. The number of H-pyrrole nitrogens is 1. The number of nitrogens with zero attached hydrogens (tertiary/aromatic N) is 3. The number of amides is 1. The first-order valence-electron chi connectivity index (χ1n) is 9.70. The van der Waals surface area contributed by atoms with E-state index in [1.54, 1.807) is 18.1 Å². The van der Waals surface area contributed by atoms with Crippen LogP contribution in [-0.2, 0) is 11.0 Å². The fraction of sp³-hybridized carbons (Fsp3) is 0.333. The second-order valence-electron chi connectivity index (χ2n) is 7.13. The van der Waals surface area contributed by atoms with Gasteiger partial charge in [0.2, 0.25) is 5.91 Å². The summed E-state index contributed by atoms with van der Waals surface area (Å²) in [4.78, 5) is 23.8. The Morgan fingerprint density at radius 3 is 2.65 bits per heavy atom. The van der Waals surface area contributed by atoms with E-state index in [9.17, 15) is 18.0 Å². The molecule has 6 nitrogen and oxygen atoms in total. The molecule has 4 rings (SSSR count). The summed E-state index contributed by atoms with van der Waals surface area (Å²) in [6.45, 7) is 1.91. The van der Waals surface area contributed by atoms with E-state index in [-0.39, 0.29) is 11.7 Å². The van der Waals surface area contributed by atoms with Crippen molar-refractivity contribution in [2.45, 2.75) is 11.3 Å². The van der Waals surface area contributed by atoms with Gasteiger partial charge in [0.1, 0.15) is 5.75 Å². The number of imidazole rings is 1. The summed E-state index contributed by atoms with van der Waals surface area (Å²) >= 11 is 1.33. The number of aromatic amines is 1. The second-order valence-corrected chi connectivity index (χ2v) is 8.09. The number of nitrogens with one attached hydrogen (secondary N) is 1. The molecule has 1 amide bonds. The highest BCUT2D eigenvalue weighted by atomic mass is 32.2. The Bertz CT molecular complexity index is 1080. The zero-order valence-electron chi connectivity index (χ0n) is 16.8. The van der Waals surface area contributed by atoms with Gasteiger partial charge in [-0.3, -0.25) is 4.79 Å². The maximum Gasteiger partial charge on any atom is 0.416 e. The van der Waals surface area contributed by atoms with Crippen LogP contribution in [0, 0.1) is 0 Å². The lowest BCUT2D eigenvalue weighted by Gasteiger charge is -2.36. The smallest absolute Gasteiger partial charge is 0.416 e. The number of anilines is 1. The number of methoxy groups -OCH3 is 1. The van der Waals surface area contributed by atoms with E-state index in [2.05, 4.69) is 9.97 Å². The molecule has 0 saturated carbocycles. The first-order chi connectivity index (χ1) is 14.8. The number of carbonyl (C=O) groups excluding carboxylic acids is 1. The normalized spacial score (nSPS) is 14.8. The Morgan fingerprint density at radius 1 is 1.16 bits per heavy atom. The van der Waals surface area contributed by atoms with Gasteiger partial charge in [-0.2, -0.15) is 13.2 Å². The van der Waals surface area contributed by atoms with Crippen LogP contribution < -0.4 is 9.64 Å². The van der Waals surface area contributed by atoms with Gasteiger partial charge in [-0.15, -0.1) is 0 Å². The second kappa shape index (κ2) is 8.70. The van der Waals surface area contributed by atoms with Crippen molar-refractivity contribution in [1.82, 2.24) is 14.9 Å². The molecule has 1 fully saturated rings. The maximum absolute atomic E-state index is 12.9. The van der Waals surface area contributed by atoms with Crippen LogP contribution >= 0.6 is 11.8 Å². The Balaban J connectivity index is 1.31. The molecule has 0 unspecified atom stereocenters. The van der Waals surface area contributed by atoms with Crippen LogP contribution in [0.15, 0.2) is 47.6 Å². The molecule has 164 valence electrons. The van der Waals surface area contributed by atoms with Crippen LogP contribution in [0.1, 0.15) is 5.56 Å². The van der Waals surface area contributed by atoms with Crippen molar-refractivity contribution >= 4 is 34.4 Å². The van der Waals surface area contributed by atoms with Gasteiger partial charge in [0.05, 0.1) is 29.5 Å². The van der Waals surface area contributed by atoms with E-state index < -0.39 is 11.7 Å². The van der Waals surface area contributed by atoms with Crippen LogP contribution in [-0.4, -0.2) is 59.8 Å². The summed E-state index contributed by atoms with van der Waals surface area (Å²) in [5.74, 6) is 0.940. The van der Waals surface area contributed by atoms with Gasteiger partial charge in [0.15, 0.2) is 5.16 Å². The molecule has 1 N–H and O–H groups in total. The minimum absolute atomic E-state index is 0.0215. The molecule has 1 aliphatic rings. The highest BCUT2D eigenvalue weighted by Gasteiger charge is 2.31. The third-order valence-corrected chi connectivity index (χ3v) is 6.03. The number of thioether (sulfide) groups is 1. The molecule has 1 aliphatic heterocycles. The number of carbonyl (C=O) groups is 1. The number of hydrogen-bond donors (Lipinski definition) is 1. The molecule has 0 bridgehead atoms. The van der Waals surface area contributed by atoms with E-state index in [0.29, 0.717) is 37.0 Å². The monoisotopic (exact) mass is 450 g/mol. The number of piperazine rings is 1. The van der Waals surface area contributed by atoms with Gasteiger partial charge in [0, 0.05) is 37.9 Å². The predicted molar refractivity (Wildman–Crippen MR) is 114 cm³/mol. The summed E-state index contributed by atoms with van der Waals surface area (Å²) in [7, 11) is 1.60. The lowest BCUT2D eigenvalue weighted by molar-refractivity contribution is -0.137. The standard InChI is InChI=1S/C21H21F3N4O2S/c1-30-16-5-6-17-18(12-16)26-20(25-17)31-13-19(29)28-9-7-27(8-10-28)15-4-2-3-14(11-15)21(22,23)24/h2-6,11-12H,7-10,13H2,1H3,(H,25,26). The Hall–Kier alpha value is -2.88. The van der Waals surface area contributed by atoms with E-state index in [0.717, 1.165) is 28.9 Å². The molecule has 2 aromatic carbocycles. The Labute approximate surface area is 181 Å². The van der Waals surface area contributed by atoms with Crippen LogP contribution in [0.3, 0.4) is 0 Å². The number of benzene rings is 2. The fourth-order valence-electron chi connectivity index (χ4n) is 3.48. The quantitative estimate of drug-likeness (QED) is 0.595. The van der Waals surface area contributed by atoms with Crippen LogP contribution in [0.2, 0.25) is 0 Å². The van der Waals surface area contributed by atoms with Gasteiger partial charge >= 0.3 is 6.18 Å². The highest BCUT2D eigenvalue weighted by molar-refractivity contribution is 7.99. The minimum Gasteiger partial charge on any atom is -0.497 e. The summed E-state index contributed by atoms with van der Waals surface area (Å²) in [5, 5.41) is 0.652. The molecule has 1 saturated heterocycles. The number of aromatic nitrogens is 2. The highest BCUT2D eigenvalue weighted by Crippen LogP contribution is 2.32. The van der Waals surface area contributed by atoms with Crippen LogP contribution in [0.5, 0.6) is 5.75 Å². The molecule has 0 radical (unpaired) electrons. The van der Waals surface area contributed by atoms with E-state index in [1.807, 2.05) is 23.1 Å². The van der Waals surface area contributed by atoms with Crippen molar-refractivity contribution in [2.24, 2.45) is 0 Å². The Morgan fingerprint density at radius 2 is 1.94 bits per heavy atom. The van der Waals surface area contributed by atoms with E-state index >= 15 is 0 Å². The summed E-state index contributed by atoms with van der Waals surface area (Å²) < 4.78 is 44.0. The number of fused-ring (bicyclic) bond motifs is 1. The molecule has 2 heterocycles. The number of ether oxygens (including phenoxy) is 1. The molecule has 1 aromatic heterocycles. The number of rotatable bonds is 5. The average Bonchev–Trinajstić information content (AvgIpc) is 3.19. The molecule has 10 heteroatoms. The topological polar surface area (TPSA) is 61.5 Å². The van der Waals surface area contributed by atoms with Crippen LogP contribution in [0.4, 0.5) is 18.9 Å². The van der Waals surface area contributed by atoms with Gasteiger partial charge in [-0.25, -0.2) is 4.98 Å². The molecule has 31 heavy (non-hydrogen) atoms. The van der Waals surface area contributed by atoms with E-state index in [4.69, 9.17) is 4.74 Å². The van der Waals surface area contributed by atoms with Gasteiger partial charge in [-0.1, -0.05) is 17.8 Å². The summed E-state index contributed by atoms with van der Waals surface area (Å²) in [5.41, 5.74) is 1.49. The predicted octanol–water partition coefficient (Wildman–Crippen LogP) is 4.03. The molecule has 0 atom stereocenters. The molecular weight excluding hydrogens is 429 g/mol. The lowest BCUT2D eigenvalue weighted by atomic mass is 10.1. The Kier molecular flexibility index (Phi) is 5.99. The molecule has 0 spiro atoms. The van der Waals surface area contributed by atoms with Crippen molar-refractivity contribution in [3.63, 3.8) is 0 Å². The first kappa shape index (κ1) is 21.4. The molecular formula is C21H21F3N4O2S. The first-order valence-corrected chi connectivity index (χ1v) is 10.7. The molecule has 0 aliphatic carbocycles. The minimum atomic E-state index is -4.37. The zero-order valence-corrected chi connectivity index (χ0v) is 17.6. The van der Waals surface area contributed by atoms with Crippen molar-refractivity contribution in [2.75, 3.05) is 43.9 Å². The molecule has 3 aromatic rings. The van der Waals surface area contributed by atoms with Crippen molar-refractivity contribution in [3.8, 4) is 5.75 Å². The summed E-state index contributed by atoms with van der Waals surface area (Å²) in [6, 6.07) is 10.8. The fourth-order valence-corrected chi connectivity index (χ4v) is 4.26. The SMILES string of the molecule is COc1ccc2nc(SCC(=O)N3CCN(c4cccc(C(F)(F)F)c4)CC3)[nH]c2c1. The van der Waals surface area contributed by atoms with Crippen molar-refractivity contribution in [3.05, 3.63) is 48.0 Å². The zero-order chi connectivity index (χ0) is 22.0. The number of hydrogen-bond acceptors (Lipinski definition) is 5. The van der Waals surface area contributed by atoms with Gasteiger partial charge < -0.3 is 19.5 Å². The third kappa shape index (κ3) is 4.90. The largest absolute Gasteiger partial charge is 0.497 e. The van der Waals surface area contributed by atoms with Crippen molar-refractivity contribution < 1.29 is 22.7 Å². The van der Waals surface area contributed by atoms with Crippen LogP contribution in [0.25, 0.3) is 11.0 Å². The maximum atomic E-state index is 12.9. The van der Waals surface area contributed by atoms with E-state index in [1.165, 1.54) is 17.8 Å². The third-order valence-electron chi connectivity index (χ3n) is 5.17. The van der Waals surface area contributed by atoms with Gasteiger partial charge in [-0.05, 0) is 30.3 Å². The van der Waals surface area contributed by atoms with Crippen molar-refractivity contribution in [1.29, 1.82) is 0 Å².